The molecule has 1 aliphatic carbocycles. The monoisotopic (exact) mass is 235 g/mol. The number of nitrogens with two attached hydrogens (primary N) is 1. The van der Waals surface area contributed by atoms with Crippen molar-refractivity contribution in [2.45, 2.75) is 11.8 Å². The largest absolute Gasteiger partial charge is 0.369 e. The van der Waals surface area contributed by atoms with Crippen LogP contribution in [0.15, 0.2) is 42.5 Å². The molecule has 0 radical (unpaired) electrons. The Labute approximate surface area is 97.4 Å². The van der Waals surface area contributed by atoms with Gasteiger partial charge in [-0.2, -0.15) is 0 Å². The summed E-state index contributed by atoms with van der Waals surface area (Å²) in [7, 11) is 0. The Morgan fingerprint density at radius 1 is 1.29 bits per heavy atom. The number of halogens is 2. The molecule has 1 aromatic carbocycles. The maximum absolute atomic E-state index is 13.7. The molecule has 0 saturated carbocycles. The number of primary amides is 1. The molecule has 0 aliphatic heterocycles. The molecule has 0 saturated heterocycles. The van der Waals surface area contributed by atoms with Gasteiger partial charge in [0.15, 0.2) is 0 Å². The lowest BCUT2D eigenvalue weighted by Gasteiger charge is -2.28. The molecule has 2 N–H and O–H groups in total. The summed E-state index contributed by atoms with van der Waals surface area (Å²) >= 11 is 0. The van der Waals surface area contributed by atoms with Gasteiger partial charge in [0.05, 0.1) is 5.41 Å². The number of amides is 1. The molecule has 0 fully saturated rings. The molecule has 0 bridgehead atoms. The average molecular weight is 235 g/mol. The van der Waals surface area contributed by atoms with Gasteiger partial charge in [-0.3, -0.25) is 4.79 Å². The fourth-order valence-electron chi connectivity index (χ4n) is 1.99. The second-order valence-electron chi connectivity index (χ2n) is 3.95. The van der Waals surface area contributed by atoms with Gasteiger partial charge in [-0.05, 0) is 12.5 Å². The molecule has 0 spiro atoms. The Kier molecular flexibility index (Phi) is 2.79. The average Bonchev–Trinajstić information content (AvgIpc) is 2.29. The van der Waals surface area contributed by atoms with Crippen molar-refractivity contribution in [3.63, 3.8) is 0 Å². The van der Waals surface area contributed by atoms with Crippen molar-refractivity contribution < 1.29 is 13.6 Å². The fraction of sp³-hybridized carbons (Fsp3) is 0.154. The molecule has 0 heterocycles. The van der Waals surface area contributed by atoms with Crippen LogP contribution in [0.5, 0.6) is 0 Å². The Bertz CT molecular complexity index is 522. The van der Waals surface area contributed by atoms with Crippen molar-refractivity contribution >= 4 is 5.91 Å². The first kappa shape index (κ1) is 11.5. The van der Waals surface area contributed by atoms with Gasteiger partial charge in [0.2, 0.25) is 5.91 Å². The predicted octanol–water partition coefficient (Wildman–Crippen LogP) is 2.20. The van der Waals surface area contributed by atoms with Crippen molar-refractivity contribution in [3.05, 3.63) is 59.7 Å². The number of allylic oxidation sites excluding steroid dienone is 3. The first-order valence-electron chi connectivity index (χ1n) is 5.16. The molecular formula is C13H11F2NO. The molecule has 2 rings (SSSR count). The van der Waals surface area contributed by atoms with Crippen LogP contribution in [-0.2, 0) is 10.2 Å². The number of rotatable bonds is 2. The summed E-state index contributed by atoms with van der Waals surface area (Å²) in [6.45, 7) is 0. The van der Waals surface area contributed by atoms with Crippen molar-refractivity contribution in [2.24, 2.45) is 5.73 Å². The van der Waals surface area contributed by atoms with Crippen molar-refractivity contribution in [2.75, 3.05) is 0 Å². The van der Waals surface area contributed by atoms with Gasteiger partial charge in [-0.1, -0.05) is 30.4 Å². The van der Waals surface area contributed by atoms with E-state index in [1.54, 1.807) is 24.3 Å². The first-order chi connectivity index (χ1) is 8.06. The molecule has 1 aromatic rings. The lowest BCUT2D eigenvalue weighted by Crippen LogP contribution is -2.40. The number of hydrogen-bond donors (Lipinski definition) is 1. The van der Waals surface area contributed by atoms with Crippen LogP contribution in [0, 0.1) is 11.6 Å². The van der Waals surface area contributed by atoms with E-state index in [1.807, 2.05) is 0 Å². The molecule has 1 aliphatic rings. The Hall–Kier alpha value is -1.97. The summed E-state index contributed by atoms with van der Waals surface area (Å²) in [6, 6.07) is 3.14. The summed E-state index contributed by atoms with van der Waals surface area (Å²) < 4.78 is 26.6. The minimum atomic E-state index is -1.22. The molecule has 0 aromatic heterocycles. The van der Waals surface area contributed by atoms with Crippen molar-refractivity contribution in [3.8, 4) is 0 Å². The maximum Gasteiger partial charge on any atom is 0.232 e. The maximum atomic E-state index is 13.7. The van der Waals surface area contributed by atoms with Gasteiger partial charge in [-0.15, -0.1) is 0 Å². The number of carbonyl (C=O) groups excluding carboxylic acids is 1. The highest BCUT2D eigenvalue weighted by Crippen LogP contribution is 2.34. The standard InChI is InChI=1S/C13H11F2NO/c14-9-4-5-10(11(15)8-9)13(12(16)17)6-2-1-3-7-13/h1-6,8H,7H2,(H2,16,17). The van der Waals surface area contributed by atoms with Crippen LogP contribution >= 0.6 is 0 Å². The predicted molar refractivity (Wildman–Crippen MR) is 60.1 cm³/mol. The second kappa shape index (κ2) is 4.13. The summed E-state index contributed by atoms with van der Waals surface area (Å²) in [5, 5.41) is 0. The van der Waals surface area contributed by atoms with Crippen LogP contribution in [-0.4, -0.2) is 5.91 Å². The van der Waals surface area contributed by atoms with E-state index in [-0.39, 0.29) is 12.0 Å². The summed E-state index contributed by atoms with van der Waals surface area (Å²) in [4.78, 5) is 11.6. The zero-order chi connectivity index (χ0) is 12.5. The summed E-state index contributed by atoms with van der Waals surface area (Å²) in [5.74, 6) is -2.09. The molecule has 17 heavy (non-hydrogen) atoms. The third kappa shape index (κ3) is 1.86. The van der Waals surface area contributed by atoms with Crippen LogP contribution in [0.4, 0.5) is 8.78 Å². The zero-order valence-corrected chi connectivity index (χ0v) is 8.99. The Morgan fingerprint density at radius 2 is 2.06 bits per heavy atom. The van der Waals surface area contributed by atoms with E-state index >= 15 is 0 Å². The quantitative estimate of drug-likeness (QED) is 0.839. The molecular weight excluding hydrogens is 224 g/mol. The van der Waals surface area contributed by atoms with Crippen LogP contribution < -0.4 is 5.73 Å². The molecule has 4 heteroatoms. The van der Waals surface area contributed by atoms with Gasteiger partial charge >= 0.3 is 0 Å². The van der Waals surface area contributed by atoms with Crippen LogP contribution in [0.3, 0.4) is 0 Å². The zero-order valence-electron chi connectivity index (χ0n) is 8.99. The summed E-state index contributed by atoms with van der Waals surface area (Å²) in [5.41, 5.74) is 4.24. The normalized spacial score (nSPS) is 22.7. The lowest BCUT2D eigenvalue weighted by molar-refractivity contribution is -0.122. The minimum Gasteiger partial charge on any atom is -0.369 e. The Morgan fingerprint density at radius 3 is 2.59 bits per heavy atom. The highest BCUT2D eigenvalue weighted by atomic mass is 19.1. The Balaban J connectivity index is 2.58. The first-order valence-corrected chi connectivity index (χ1v) is 5.16. The van der Waals surface area contributed by atoms with Gasteiger partial charge in [0.1, 0.15) is 11.6 Å². The molecule has 1 unspecified atom stereocenters. The molecule has 88 valence electrons. The van der Waals surface area contributed by atoms with Gasteiger partial charge < -0.3 is 5.73 Å². The van der Waals surface area contributed by atoms with Gasteiger partial charge in [0.25, 0.3) is 0 Å². The second-order valence-corrected chi connectivity index (χ2v) is 3.95. The van der Waals surface area contributed by atoms with E-state index in [0.717, 1.165) is 12.1 Å². The van der Waals surface area contributed by atoms with Crippen LogP contribution in [0.1, 0.15) is 12.0 Å². The molecule has 1 amide bonds. The smallest absolute Gasteiger partial charge is 0.232 e. The van der Waals surface area contributed by atoms with Gasteiger partial charge in [0, 0.05) is 11.6 Å². The highest BCUT2D eigenvalue weighted by molar-refractivity contribution is 5.89. The van der Waals surface area contributed by atoms with Crippen LogP contribution in [0.2, 0.25) is 0 Å². The van der Waals surface area contributed by atoms with E-state index in [9.17, 15) is 13.6 Å². The third-order valence-electron chi connectivity index (χ3n) is 2.92. The van der Waals surface area contributed by atoms with Crippen molar-refractivity contribution in [1.82, 2.24) is 0 Å². The summed E-state index contributed by atoms with van der Waals surface area (Å²) in [6.07, 6.45) is 6.94. The highest BCUT2D eigenvalue weighted by Gasteiger charge is 2.38. The third-order valence-corrected chi connectivity index (χ3v) is 2.92. The van der Waals surface area contributed by atoms with Crippen LogP contribution in [0.25, 0.3) is 0 Å². The topological polar surface area (TPSA) is 43.1 Å². The fourth-order valence-corrected chi connectivity index (χ4v) is 1.99. The minimum absolute atomic E-state index is 0.104. The number of carbonyl (C=O) groups is 1. The molecule has 2 nitrogen and oxygen atoms in total. The van der Waals surface area contributed by atoms with E-state index in [0.29, 0.717) is 0 Å². The number of benzene rings is 1. The molecule has 1 atom stereocenters. The SMILES string of the molecule is NC(=O)C1(c2ccc(F)cc2F)C=CC=CC1. The number of hydrogen-bond acceptors (Lipinski definition) is 1. The van der Waals surface area contributed by atoms with Crippen molar-refractivity contribution in [1.29, 1.82) is 0 Å². The van der Waals surface area contributed by atoms with Gasteiger partial charge in [-0.25, -0.2) is 8.78 Å². The van der Waals surface area contributed by atoms with E-state index < -0.39 is 23.0 Å². The van der Waals surface area contributed by atoms with E-state index in [4.69, 9.17) is 5.73 Å². The van der Waals surface area contributed by atoms with E-state index in [1.165, 1.54) is 6.07 Å². The van der Waals surface area contributed by atoms with E-state index in [2.05, 4.69) is 0 Å². The lowest BCUT2D eigenvalue weighted by atomic mass is 9.74.